The number of rotatable bonds is 4. The number of pyridine rings is 1. The van der Waals surface area contributed by atoms with Gasteiger partial charge >= 0.3 is 6.18 Å². The molecule has 3 heterocycles. The van der Waals surface area contributed by atoms with E-state index in [0.29, 0.717) is 44.1 Å². The first-order chi connectivity index (χ1) is 14.7. The fourth-order valence-corrected chi connectivity index (χ4v) is 4.64. The summed E-state index contributed by atoms with van der Waals surface area (Å²) >= 11 is 0. The molecule has 0 radical (unpaired) electrons. The predicted octanol–water partition coefficient (Wildman–Crippen LogP) is 5.40. The third-order valence-corrected chi connectivity index (χ3v) is 6.81. The molecular formula is C23H24F4N4. The largest absolute Gasteiger partial charge is 0.422 e. The number of nitrogens with zero attached hydrogens (tertiary/aromatic N) is 4. The minimum Gasteiger partial charge on any atom is -0.371 e. The number of halogens is 4. The van der Waals surface area contributed by atoms with Crippen LogP contribution in [0.3, 0.4) is 0 Å². The first-order valence-corrected chi connectivity index (χ1v) is 10.7. The number of benzene rings is 1. The van der Waals surface area contributed by atoms with E-state index in [2.05, 4.69) is 17.1 Å². The molecule has 2 aromatic heterocycles. The lowest BCUT2D eigenvalue weighted by atomic mass is 9.74. The quantitative estimate of drug-likeness (QED) is 0.518. The molecule has 0 spiro atoms. The number of aromatic nitrogens is 3. The Kier molecular flexibility index (Phi) is 4.71. The van der Waals surface area contributed by atoms with Crippen molar-refractivity contribution in [1.29, 1.82) is 0 Å². The van der Waals surface area contributed by atoms with Gasteiger partial charge in [-0.2, -0.15) is 13.2 Å². The Balaban J connectivity index is 1.46. The van der Waals surface area contributed by atoms with Crippen LogP contribution < -0.4 is 4.90 Å². The molecule has 5 rings (SSSR count). The molecule has 0 N–H and O–H groups in total. The molecule has 164 valence electrons. The van der Waals surface area contributed by atoms with Gasteiger partial charge in [-0.3, -0.25) is 4.40 Å². The van der Waals surface area contributed by atoms with Crippen LogP contribution in [-0.4, -0.2) is 27.7 Å². The molecule has 31 heavy (non-hydrogen) atoms. The highest BCUT2D eigenvalue weighted by Crippen LogP contribution is 2.43. The summed E-state index contributed by atoms with van der Waals surface area (Å²) in [5.41, 5.74) is -0.0848. The first-order valence-electron chi connectivity index (χ1n) is 10.7. The van der Waals surface area contributed by atoms with E-state index >= 15 is 0 Å². The molecule has 2 aliphatic rings. The van der Waals surface area contributed by atoms with Gasteiger partial charge in [-0.05, 0) is 60.8 Å². The van der Waals surface area contributed by atoms with Gasteiger partial charge in [0.2, 0.25) is 0 Å². The molecular weight excluding hydrogens is 408 g/mol. The molecule has 2 fully saturated rings. The number of hydrogen-bond acceptors (Lipinski definition) is 3. The molecule has 8 heteroatoms. The van der Waals surface area contributed by atoms with E-state index in [0.717, 1.165) is 18.4 Å². The minimum absolute atomic E-state index is 0.126. The molecule has 0 atom stereocenters. The summed E-state index contributed by atoms with van der Waals surface area (Å²) in [6.07, 6.45) is 1.25. The van der Waals surface area contributed by atoms with Gasteiger partial charge in [-0.1, -0.05) is 19.1 Å². The Bertz CT molecular complexity index is 1110. The van der Waals surface area contributed by atoms with Crippen molar-refractivity contribution in [3.05, 3.63) is 59.3 Å². The smallest absolute Gasteiger partial charge is 0.371 e. The number of fused-ring (bicyclic) bond motifs is 1. The van der Waals surface area contributed by atoms with Crippen LogP contribution in [0.5, 0.6) is 0 Å². The molecule has 0 amide bonds. The second kappa shape index (κ2) is 7.21. The lowest BCUT2D eigenvalue weighted by Crippen LogP contribution is -2.41. The van der Waals surface area contributed by atoms with E-state index in [1.165, 1.54) is 16.5 Å². The summed E-state index contributed by atoms with van der Waals surface area (Å²) in [5.74, 6) is 0.802. The third-order valence-electron chi connectivity index (χ3n) is 6.81. The van der Waals surface area contributed by atoms with Crippen molar-refractivity contribution >= 4 is 11.3 Å². The molecule has 3 aromatic rings. The summed E-state index contributed by atoms with van der Waals surface area (Å²) in [7, 11) is 0. The summed E-state index contributed by atoms with van der Waals surface area (Å²) in [4.78, 5) is 1.78. The number of piperidine rings is 1. The van der Waals surface area contributed by atoms with Crippen molar-refractivity contribution in [3.63, 3.8) is 0 Å². The SMILES string of the molecule is CC1(c2cccc(F)c2)CCN(c2ccn3c(CC4CC4)nnc3c2C(F)(F)F)CC1. The van der Waals surface area contributed by atoms with Gasteiger partial charge in [-0.15, -0.1) is 10.2 Å². The normalized spacial score (nSPS) is 19.2. The average molecular weight is 432 g/mol. The van der Waals surface area contributed by atoms with E-state index in [-0.39, 0.29) is 22.6 Å². The summed E-state index contributed by atoms with van der Waals surface area (Å²) < 4.78 is 57.6. The zero-order valence-electron chi connectivity index (χ0n) is 17.3. The van der Waals surface area contributed by atoms with E-state index in [9.17, 15) is 17.6 Å². The Morgan fingerprint density at radius 2 is 1.84 bits per heavy atom. The van der Waals surface area contributed by atoms with Crippen molar-refractivity contribution in [2.75, 3.05) is 18.0 Å². The van der Waals surface area contributed by atoms with Crippen molar-refractivity contribution in [2.24, 2.45) is 5.92 Å². The van der Waals surface area contributed by atoms with E-state index in [4.69, 9.17) is 0 Å². The lowest BCUT2D eigenvalue weighted by Gasteiger charge is -2.41. The zero-order valence-corrected chi connectivity index (χ0v) is 17.3. The Morgan fingerprint density at radius 1 is 1.10 bits per heavy atom. The summed E-state index contributed by atoms with van der Waals surface area (Å²) in [5, 5.41) is 8.00. The van der Waals surface area contributed by atoms with Gasteiger partial charge in [-0.25, -0.2) is 4.39 Å². The number of alkyl halides is 3. The van der Waals surface area contributed by atoms with Crippen LogP contribution in [0.2, 0.25) is 0 Å². The fraction of sp³-hybridized carbons (Fsp3) is 0.478. The van der Waals surface area contributed by atoms with Crippen LogP contribution in [0, 0.1) is 11.7 Å². The topological polar surface area (TPSA) is 33.4 Å². The van der Waals surface area contributed by atoms with Crippen LogP contribution in [0.25, 0.3) is 5.65 Å². The van der Waals surface area contributed by atoms with E-state index < -0.39 is 11.7 Å². The fourth-order valence-electron chi connectivity index (χ4n) is 4.64. The predicted molar refractivity (Wildman–Crippen MR) is 110 cm³/mol. The first kappa shape index (κ1) is 20.3. The molecule has 1 aliphatic carbocycles. The van der Waals surface area contributed by atoms with Gasteiger partial charge in [0, 0.05) is 25.7 Å². The highest BCUT2D eigenvalue weighted by atomic mass is 19.4. The number of hydrogen-bond donors (Lipinski definition) is 0. The molecule has 1 aromatic carbocycles. The van der Waals surface area contributed by atoms with E-state index in [1.54, 1.807) is 23.2 Å². The molecule has 1 saturated carbocycles. The lowest BCUT2D eigenvalue weighted by molar-refractivity contribution is -0.136. The highest BCUT2D eigenvalue weighted by Gasteiger charge is 2.41. The zero-order chi connectivity index (χ0) is 21.8. The van der Waals surface area contributed by atoms with Crippen molar-refractivity contribution in [2.45, 2.75) is 50.6 Å². The Hall–Kier alpha value is -2.64. The standard InChI is InChI=1S/C23H24F4N4/c1-22(16-3-2-4-17(24)14-16)8-11-30(12-9-22)18-7-10-31-19(13-15-5-6-15)28-29-21(31)20(18)23(25,26)27/h2-4,7,10,14-15H,5-6,8-9,11-13H2,1H3. The van der Waals surface area contributed by atoms with Crippen molar-refractivity contribution < 1.29 is 17.6 Å². The molecule has 1 aliphatic heterocycles. The second-order valence-electron chi connectivity index (χ2n) is 9.09. The van der Waals surface area contributed by atoms with Gasteiger partial charge in [0.05, 0.1) is 5.69 Å². The molecule has 0 bridgehead atoms. The maximum absolute atomic E-state index is 14.1. The monoisotopic (exact) mass is 432 g/mol. The molecule has 1 saturated heterocycles. The molecule has 4 nitrogen and oxygen atoms in total. The second-order valence-corrected chi connectivity index (χ2v) is 9.09. The van der Waals surface area contributed by atoms with Crippen LogP contribution in [0.4, 0.5) is 23.2 Å². The van der Waals surface area contributed by atoms with Gasteiger partial charge < -0.3 is 4.90 Å². The van der Waals surface area contributed by atoms with E-state index in [1.807, 2.05) is 6.07 Å². The third kappa shape index (κ3) is 3.77. The van der Waals surface area contributed by atoms with Gasteiger partial charge in [0.15, 0.2) is 5.65 Å². The van der Waals surface area contributed by atoms with Crippen LogP contribution in [0.15, 0.2) is 36.5 Å². The maximum atomic E-state index is 14.1. The summed E-state index contributed by atoms with van der Waals surface area (Å²) in [6, 6.07) is 8.05. The Labute approximate surface area is 177 Å². The van der Waals surface area contributed by atoms with Crippen LogP contribution in [-0.2, 0) is 18.0 Å². The minimum atomic E-state index is -4.54. The maximum Gasteiger partial charge on any atom is 0.422 e. The van der Waals surface area contributed by atoms with Crippen LogP contribution in [0.1, 0.15) is 49.6 Å². The van der Waals surface area contributed by atoms with Gasteiger partial charge in [0.25, 0.3) is 0 Å². The number of anilines is 1. The molecule has 0 unspecified atom stereocenters. The van der Waals surface area contributed by atoms with Crippen LogP contribution >= 0.6 is 0 Å². The van der Waals surface area contributed by atoms with Gasteiger partial charge in [0.1, 0.15) is 17.2 Å². The van der Waals surface area contributed by atoms with Crippen molar-refractivity contribution in [3.8, 4) is 0 Å². The highest BCUT2D eigenvalue weighted by molar-refractivity contribution is 5.67. The Morgan fingerprint density at radius 3 is 2.48 bits per heavy atom. The summed E-state index contributed by atoms with van der Waals surface area (Å²) in [6.45, 7) is 2.96. The van der Waals surface area contributed by atoms with Crippen molar-refractivity contribution in [1.82, 2.24) is 14.6 Å². The average Bonchev–Trinajstić information content (AvgIpc) is 3.46.